The van der Waals surface area contributed by atoms with Crippen LogP contribution in [0, 0.1) is 16.0 Å². The Morgan fingerprint density at radius 1 is 1.17 bits per heavy atom. The zero-order chi connectivity index (χ0) is 24.7. The van der Waals surface area contributed by atoms with Crippen molar-refractivity contribution in [3.8, 4) is 5.75 Å². The molecule has 0 saturated carbocycles. The summed E-state index contributed by atoms with van der Waals surface area (Å²) in [7, 11) is 0. The largest absolute Gasteiger partial charge is 0.494 e. The topological polar surface area (TPSA) is 93.9 Å². The van der Waals surface area contributed by atoms with Gasteiger partial charge in [0.15, 0.2) is 0 Å². The van der Waals surface area contributed by atoms with Gasteiger partial charge in [-0.2, -0.15) is 0 Å². The summed E-state index contributed by atoms with van der Waals surface area (Å²) in [6, 6.07) is 13.7. The molecule has 1 N–H and O–H groups in total. The van der Waals surface area contributed by atoms with Crippen molar-refractivity contribution in [1.29, 1.82) is 0 Å². The summed E-state index contributed by atoms with van der Waals surface area (Å²) < 4.78 is 11.4. The minimum atomic E-state index is -0.783. The second kappa shape index (κ2) is 11.6. The average molecular weight is 482 g/mol. The van der Waals surface area contributed by atoms with E-state index in [0.29, 0.717) is 38.3 Å². The Kier molecular flexibility index (Phi) is 8.36. The molecule has 1 amide bonds. The van der Waals surface area contributed by atoms with Gasteiger partial charge in [-0.25, -0.2) is 0 Å². The number of hydrogen-bond acceptors (Lipinski definition) is 6. The monoisotopic (exact) mass is 481 g/mol. The first kappa shape index (κ1) is 25.1. The predicted octanol–water partition coefficient (Wildman–Crippen LogP) is 4.78. The first-order valence-corrected chi connectivity index (χ1v) is 12.6. The molecule has 0 bridgehead atoms. The van der Waals surface area contributed by atoms with Crippen LogP contribution in [0.25, 0.3) is 0 Å². The Morgan fingerprint density at radius 2 is 1.89 bits per heavy atom. The van der Waals surface area contributed by atoms with E-state index in [-0.39, 0.29) is 11.6 Å². The van der Waals surface area contributed by atoms with Crippen molar-refractivity contribution in [2.45, 2.75) is 44.4 Å². The zero-order valence-electron chi connectivity index (χ0n) is 20.4. The van der Waals surface area contributed by atoms with Crippen LogP contribution in [-0.2, 0) is 14.9 Å². The molecule has 1 atom stereocenters. The molecule has 2 aliphatic rings. The summed E-state index contributed by atoms with van der Waals surface area (Å²) in [5, 5.41) is 14.1. The summed E-state index contributed by atoms with van der Waals surface area (Å²) in [4.78, 5) is 26.6. The summed E-state index contributed by atoms with van der Waals surface area (Å²) in [5.74, 6) is 1.44. The van der Waals surface area contributed by atoms with Gasteiger partial charge in [-0.15, -0.1) is 0 Å². The molecule has 2 aromatic carbocycles. The molecule has 2 fully saturated rings. The number of hydrogen-bond donors (Lipinski definition) is 1. The van der Waals surface area contributed by atoms with E-state index in [9.17, 15) is 14.9 Å². The Morgan fingerprint density at radius 3 is 2.54 bits per heavy atom. The standard InChI is InChI=1S/C27H35N3O5/c1-21-4-2-15-29(20-21)16-3-17-35-25-11-7-23(8-12-25)28-26(31)27(13-18-34-19-14-27)22-5-9-24(10-6-22)30(32)33/h5-12,21H,2-4,13-20H2,1H3,(H,28,31). The van der Waals surface area contributed by atoms with Gasteiger partial charge in [-0.3, -0.25) is 14.9 Å². The van der Waals surface area contributed by atoms with Crippen LogP contribution in [0.4, 0.5) is 11.4 Å². The van der Waals surface area contributed by atoms with Crippen molar-refractivity contribution in [2.24, 2.45) is 5.92 Å². The van der Waals surface area contributed by atoms with Gasteiger partial charge in [0.25, 0.3) is 5.69 Å². The number of ether oxygens (including phenoxy) is 2. The highest BCUT2D eigenvalue weighted by atomic mass is 16.6. The number of likely N-dealkylation sites (tertiary alicyclic amines) is 1. The van der Waals surface area contributed by atoms with Crippen LogP contribution in [0.1, 0.15) is 44.6 Å². The number of non-ortho nitro benzene ring substituents is 1. The zero-order valence-corrected chi connectivity index (χ0v) is 20.4. The summed E-state index contributed by atoms with van der Waals surface area (Å²) >= 11 is 0. The third kappa shape index (κ3) is 6.38. The highest BCUT2D eigenvalue weighted by molar-refractivity contribution is 5.99. The number of anilines is 1. The van der Waals surface area contributed by atoms with Crippen LogP contribution in [-0.4, -0.2) is 55.2 Å². The lowest BCUT2D eigenvalue weighted by Gasteiger charge is -2.36. The van der Waals surface area contributed by atoms with E-state index in [1.165, 1.54) is 38.1 Å². The molecular weight excluding hydrogens is 446 g/mol. The molecule has 0 aliphatic carbocycles. The fourth-order valence-electron chi connectivity index (χ4n) is 5.12. The fraction of sp³-hybridized carbons (Fsp3) is 0.519. The minimum absolute atomic E-state index is 0.0115. The number of amides is 1. The number of benzene rings is 2. The molecule has 8 nitrogen and oxygen atoms in total. The van der Waals surface area contributed by atoms with Crippen LogP contribution in [0.15, 0.2) is 48.5 Å². The fourth-order valence-corrected chi connectivity index (χ4v) is 5.12. The molecule has 0 spiro atoms. The summed E-state index contributed by atoms with van der Waals surface area (Å²) in [5.41, 5.74) is 0.691. The Labute approximate surface area is 206 Å². The van der Waals surface area contributed by atoms with Gasteiger partial charge in [-0.05, 0) is 74.4 Å². The lowest BCUT2D eigenvalue weighted by atomic mass is 9.73. The maximum Gasteiger partial charge on any atom is 0.269 e. The summed E-state index contributed by atoms with van der Waals surface area (Å²) in [6.45, 7) is 7.35. The number of nitro benzene ring substituents is 1. The van der Waals surface area contributed by atoms with Crippen molar-refractivity contribution in [3.63, 3.8) is 0 Å². The van der Waals surface area contributed by atoms with Gasteiger partial charge >= 0.3 is 0 Å². The summed E-state index contributed by atoms with van der Waals surface area (Å²) in [6.07, 6.45) is 4.65. The smallest absolute Gasteiger partial charge is 0.269 e. The maximum absolute atomic E-state index is 13.4. The van der Waals surface area contributed by atoms with E-state index in [4.69, 9.17) is 9.47 Å². The number of carbonyl (C=O) groups excluding carboxylic acids is 1. The predicted molar refractivity (Wildman–Crippen MR) is 135 cm³/mol. The van der Waals surface area contributed by atoms with Crippen LogP contribution >= 0.6 is 0 Å². The van der Waals surface area contributed by atoms with E-state index in [0.717, 1.165) is 30.2 Å². The van der Waals surface area contributed by atoms with Crippen molar-refractivity contribution < 1.29 is 19.2 Å². The molecule has 2 aliphatic heterocycles. The number of nitrogens with one attached hydrogen (secondary N) is 1. The van der Waals surface area contributed by atoms with Crippen LogP contribution in [0.2, 0.25) is 0 Å². The first-order chi connectivity index (χ1) is 17.0. The maximum atomic E-state index is 13.4. The Bertz CT molecular complexity index is 987. The highest BCUT2D eigenvalue weighted by Crippen LogP contribution is 2.37. The lowest BCUT2D eigenvalue weighted by Crippen LogP contribution is -2.44. The van der Waals surface area contributed by atoms with E-state index in [1.54, 1.807) is 12.1 Å². The SMILES string of the molecule is CC1CCCN(CCCOc2ccc(NC(=O)C3(c4ccc([N+](=O)[O-])cc4)CCOCC3)cc2)C1. The molecule has 4 rings (SSSR count). The van der Waals surface area contributed by atoms with E-state index >= 15 is 0 Å². The van der Waals surface area contributed by atoms with Crippen molar-refractivity contribution in [1.82, 2.24) is 4.90 Å². The van der Waals surface area contributed by atoms with Gasteiger partial charge < -0.3 is 19.7 Å². The third-order valence-electron chi connectivity index (χ3n) is 7.15. The normalized spacial score (nSPS) is 20.2. The molecular formula is C27H35N3O5. The van der Waals surface area contributed by atoms with Gasteiger partial charge in [0, 0.05) is 44.1 Å². The molecule has 2 heterocycles. The van der Waals surface area contributed by atoms with Crippen LogP contribution in [0.5, 0.6) is 5.75 Å². The highest BCUT2D eigenvalue weighted by Gasteiger charge is 2.42. The van der Waals surface area contributed by atoms with Crippen LogP contribution in [0.3, 0.4) is 0 Å². The van der Waals surface area contributed by atoms with E-state index in [1.807, 2.05) is 24.3 Å². The molecule has 2 aromatic rings. The third-order valence-corrected chi connectivity index (χ3v) is 7.15. The van der Waals surface area contributed by atoms with Gasteiger partial charge in [-0.1, -0.05) is 19.1 Å². The molecule has 0 radical (unpaired) electrons. The molecule has 1 unspecified atom stereocenters. The minimum Gasteiger partial charge on any atom is -0.494 e. The number of carbonyl (C=O) groups is 1. The second-order valence-corrected chi connectivity index (χ2v) is 9.73. The van der Waals surface area contributed by atoms with Crippen molar-refractivity contribution in [2.75, 3.05) is 44.8 Å². The van der Waals surface area contributed by atoms with Gasteiger partial charge in [0.2, 0.25) is 5.91 Å². The molecule has 188 valence electrons. The van der Waals surface area contributed by atoms with Gasteiger partial charge in [0.05, 0.1) is 16.9 Å². The number of nitro groups is 1. The quantitative estimate of drug-likeness (QED) is 0.315. The van der Waals surface area contributed by atoms with Crippen LogP contribution < -0.4 is 10.1 Å². The van der Waals surface area contributed by atoms with E-state index in [2.05, 4.69) is 17.1 Å². The Hall–Kier alpha value is -2.97. The Balaban J connectivity index is 1.33. The first-order valence-electron chi connectivity index (χ1n) is 12.6. The molecule has 0 aromatic heterocycles. The molecule has 2 saturated heterocycles. The van der Waals surface area contributed by atoms with Crippen molar-refractivity contribution >= 4 is 17.3 Å². The van der Waals surface area contributed by atoms with Crippen molar-refractivity contribution in [3.05, 3.63) is 64.2 Å². The molecule has 35 heavy (non-hydrogen) atoms. The lowest BCUT2D eigenvalue weighted by molar-refractivity contribution is -0.384. The van der Waals surface area contributed by atoms with Gasteiger partial charge in [0.1, 0.15) is 5.75 Å². The average Bonchev–Trinajstić information content (AvgIpc) is 2.88. The molecule has 8 heteroatoms. The number of piperidine rings is 1. The van der Waals surface area contributed by atoms with E-state index < -0.39 is 10.3 Å². The number of rotatable bonds is 9. The number of nitrogens with zero attached hydrogens (tertiary/aromatic N) is 2. The second-order valence-electron chi connectivity index (χ2n) is 9.73.